The zero-order valence-corrected chi connectivity index (χ0v) is 18.7. The van der Waals surface area contributed by atoms with Gasteiger partial charge >= 0.3 is 0 Å². The minimum absolute atomic E-state index is 0.146. The number of pyridine rings is 2. The SMILES string of the molecule is COc1ccccc1N1C(=S)NC(c2ccccn2)C1c1cccn1-c1ccc(C)cn1. The van der Waals surface area contributed by atoms with Crippen molar-refractivity contribution >= 4 is 23.0 Å². The van der Waals surface area contributed by atoms with E-state index in [4.69, 9.17) is 17.0 Å². The average Bonchev–Trinajstić information content (AvgIpc) is 3.44. The summed E-state index contributed by atoms with van der Waals surface area (Å²) in [6.07, 6.45) is 5.72. The lowest BCUT2D eigenvalue weighted by molar-refractivity contribution is 0.414. The van der Waals surface area contributed by atoms with Crippen LogP contribution in [-0.2, 0) is 0 Å². The van der Waals surface area contributed by atoms with Crippen LogP contribution in [0.15, 0.2) is 85.3 Å². The highest BCUT2D eigenvalue weighted by molar-refractivity contribution is 7.80. The minimum atomic E-state index is -0.160. The fraction of sp³-hybridized carbons (Fsp3) is 0.160. The Morgan fingerprint density at radius 2 is 1.81 bits per heavy atom. The molecular weight excluding hydrogens is 418 g/mol. The van der Waals surface area contributed by atoms with Gasteiger partial charge in [-0.1, -0.05) is 24.3 Å². The normalized spacial score (nSPS) is 17.9. The summed E-state index contributed by atoms with van der Waals surface area (Å²) in [5, 5.41) is 4.13. The number of anilines is 1. The third-order valence-corrected chi connectivity index (χ3v) is 5.98. The maximum Gasteiger partial charge on any atom is 0.174 e. The third-order valence-electron chi connectivity index (χ3n) is 5.67. The van der Waals surface area contributed by atoms with Gasteiger partial charge in [-0.05, 0) is 67.2 Å². The summed E-state index contributed by atoms with van der Waals surface area (Å²) in [5.74, 6) is 1.61. The molecule has 32 heavy (non-hydrogen) atoms. The molecule has 2 unspecified atom stereocenters. The molecule has 4 heterocycles. The van der Waals surface area contributed by atoms with Crippen LogP contribution in [0.2, 0.25) is 0 Å². The second-order valence-electron chi connectivity index (χ2n) is 7.67. The lowest BCUT2D eigenvalue weighted by Crippen LogP contribution is -2.30. The lowest BCUT2D eigenvalue weighted by Gasteiger charge is -2.29. The number of nitrogens with zero attached hydrogens (tertiary/aromatic N) is 4. The van der Waals surface area contributed by atoms with Crippen LogP contribution in [0.3, 0.4) is 0 Å². The largest absolute Gasteiger partial charge is 0.495 e. The number of para-hydroxylation sites is 2. The smallest absolute Gasteiger partial charge is 0.174 e. The number of benzene rings is 1. The lowest BCUT2D eigenvalue weighted by atomic mass is 10.0. The minimum Gasteiger partial charge on any atom is -0.495 e. The van der Waals surface area contributed by atoms with E-state index < -0.39 is 0 Å². The highest BCUT2D eigenvalue weighted by atomic mass is 32.1. The van der Waals surface area contributed by atoms with Gasteiger partial charge < -0.3 is 19.5 Å². The Bertz CT molecular complexity index is 1240. The van der Waals surface area contributed by atoms with E-state index in [9.17, 15) is 0 Å². The molecule has 0 bridgehead atoms. The molecule has 1 fully saturated rings. The molecule has 1 aliphatic heterocycles. The van der Waals surface area contributed by atoms with Crippen LogP contribution < -0.4 is 15.0 Å². The molecule has 1 aliphatic rings. The fourth-order valence-electron chi connectivity index (χ4n) is 4.19. The summed E-state index contributed by atoms with van der Waals surface area (Å²) in [6, 6.07) is 21.8. The number of hydrogen-bond donors (Lipinski definition) is 1. The molecule has 0 radical (unpaired) electrons. The van der Waals surface area contributed by atoms with Crippen molar-refractivity contribution in [3.05, 3.63) is 102 Å². The topological polar surface area (TPSA) is 55.2 Å². The van der Waals surface area contributed by atoms with Gasteiger partial charge in [0.25, 0.3) is 0 Å². The van der Waals surface area contributed by atoms with E-state index in [1.165, 1.54) is 0 Å². The van der Waals surface area contributed by atoms with Gasteiger partial charge in [-0.2, -0.15) is 0 Å². The second kappa shape index (κ2) is 8.43. The van der Waals surface area contributed by atoms with Crippen molar-refractivity contribution in [2.24, 2.45) is 0 Å². The van der Waals surface area contributed by atoms with E-state index in [-0.39, 0.29) is 12.1 Å². The highest BCUT2D eigenvalue weighted by Gasteiger charge is 2.43. The molecule has 1 N–H and O–H groups in total. The molecule has 0 saturated carbocycles. The summed E-state index contributed by atoms with van der Waals surface area (Å²) < 4.78 is 7.79. The predicted molar refractivity (Wildman–Crippen MR) is 129 cm³/mol. The third kappa shape index (κ3) is 3.50. The summed E-state index contributed by atoms with van der Waals surface area (Å²) in [4.78, 5) is 11.4. The van der Waals surface area contributed by atoms with Crippen molar-refractivity contribution in [3.8, 4) is 11.6 Å². The van der Waals surface area contributed by atoms with Crippen molar-refractivity contribution in [2.45, 2.75) is 19.0 Å². The van der Waals surface area contributed by atoms with Crippen LogP contribution in [0.1, 0.15) is 29.0 Å². The number of hydrogen-bond acceptors (Lipinski definition) is 4. The molecule has 160 valence electrons. The van der Waals surface area contributed by atoms with Crippen molar-refractivity contribution in [1.29, 1.82) is 0 Å². The molecule has 0 aliphatic carbocycles. The summed E-state index contributed by atoms with van der Waals surface area (Å²) in [7, 11) is 1.68. The molecule has 0 amide bonds. The summed E-state index contributed by atoms with van der Waals surface area (Å²) in [6.45, 7) is 2.03. The first-order valence-electron chi connectivity index (χ1n) is 10.4. The Hall–Kier alpha value is -3.71. The van der Waals surface area contributed by atoms with E-state index in [1.54, 1.807) is 7.11 Å². The van der Waals surface area contributed by atoms with E-state index in [0.717, 1.165) is 34.2 Å². The molecule has 7 heteroatoms. The first kappa shape index (κ1) is 20.2. The van der Waals surface area contributed by atoms with Gasteiger partial charge in [-0.25, -0.2) is 4.98 Å². The first-order valence-corrected chi connectivity index (χ1v) is 10.8. The Morgan fingerprint density at radius 1 is 0.969 bits per heavy atom. The van der Waals surface area contributed by atoms with E-state index in [2.05, 4.69) is 36.9 Å². The van der Waals surface area contributed by atoms with Crippen LogP contribution in [0.5, 0.6) is 5.75 Å². The summed E-state index contributed by atoms with van der Waals surface area (Å²) >= 11 is 5.84. The van der Waals surface area contributed by atoms with Crippen molar-refractivity contribution in [3.63, 3.8) is 0 Å². The Kier molecular flexibility index (Phi) is 5.33. The van der Waals surface area contributed by atoms with Gasteiger partial charge in [0.05, 0.1) is 24.5 Å². The van der Waals surface area contributed by atoms with E-state index in [0.29, 0.717) is 5.11 Å². The molecule has 0 spiro atoms. The van der Waals surface area contributed by atoms with Crippen LogP contribution >= 0.6 is 12.2 Å². The quantitative estimate of drug-likeness (QED) is 0.451. The number of aryl methyl sites for hydroxylation is 1. The summed E-state index contributed by atoms with van der Waals surface area (Å²) in [5.41, 5.74) is 3.99. The number of nitrogens with one attached hydrogen (secondary N) is 1. The number of aromatic nitrogens is 3. The predicted octanol–water partition coefficient (Wildman–Crippen LogP) is 4.76. The van der Waals surface area contributed by atoms with Gasteiger partial charge in [0, 0.05) is 24.3 Å². The van der Waals surface area contributed by atoms with Gasteiger partial charge in [0.1, 0.15) is 17.6 Å². The molecule has 5 rings (SSSR count). The van der Waals surface area contributed by atoms with Crippen LogP contribution in [0, 0.1) is 6.92 Å². The number of ether oxygens (including phenoxy) is 1. The standard InChI is InChI=1S/C25H23N5OS/c1-17-12-13-22(27-16-17)29-15-7-10-20(29)24-23(18-8-5-6-14-26-18)28-25(32)30(24)19-9-3-4-11-21(19)31-2/h3-16,23-24H,1-2H3,(H,28,32). The van der Waals surface area contributed by atoms with Crippen LogP contribution in [0.25, 0.3) is 5.82 Å². The maximum atomic E-state index is 5.84. The molecular formula is C25H23N5OS. The Balaban J connectivity index is 1.68. The van der Waals surface area contributed by atoms with E-state index in [1.807, 2.05) is 80.1 Å². The first-order chi connectivity index (χ1) is 15.7. The van der Waals surface area contributed by atoms with Crippen molar-refractivity contribution in [2.75, 3.05) is 12.0 Å². The van der Waals surface area contributed by atoms with Gasteiger partial charge in [-0.15, -0.1) is 0 Å². The van der Waals surface area contributed by atoms with E-state index >= 15 is 0 Å². The molecule has 1 aromatic carbocycles. The molecule has 4 aromatic rings. The maximum absolute atomic E-state index is 5.84. The van der Waals surface area contributed by atoms with Crippen LogP contribution in [0.4, 0.5) is 5.69 Å². The Labute approximate surface area is 192 Å². The molecule has 3 aromatic heterocycles. The molecule has 6 nitrogen and oxygen atoms in total. The highest BCUT2D eigenvalue weighted by Crippen LogP contribution is 2.44. The molecule has 2 atom stereocenters. The number of thiocarbonyl (C=S) groups is 1. The van der Waals surface area contributed by atoms with Crippen molar-refractivity contribution in [1.82, 2.24) is 19.9 Å². The monoisotopic (exact) mass is 441 g/mol. The van der Waals surface area contributed by atoms with Crippen LogP contribution in [-0.4, -0.2) is 26.8 Å². The number of rotatable bonds is 5. The van der Waals surface area contributed by atoms with Gasteiger partial charge in [-0.3, -0.25) is 4.98 Å². The number of methoxy groups -OCH3 is 1. The van der Waals surface area contributed by atoms with Gasteiger partial charge in [0.15, 0.2) is 5.11 Å². The molecule has 1 saturated heterocycles. The second-order valence-corrected chi connectivity index (χ2v) is 8.05. The fourth-order valence-corrected chi connectivity index (χ4v) is 4.53. The zero-order valence-electron chi connectivity index (χ0n) is 17.8. The zero-order chi connectivity index (χ0) is 22.1. The average molecular weight is 442 g/mol. The van der Waals surface area contributed by atoms with Gasteiger partial charge in [0.2, 0.25) is 0 Å². The Morgan fingerprint density at radius 3 is 2.56 bits per heavy atom. The van der Waals surface area contributed by atoms with Crippen molar-refractivity contribution < 1.29 is 4.74 Å².